The summed E-state index contributed by atoms with van der Waals surface area (Å²) < 4.78 is 5.63. The highest BCUT2D eigenvalue weighted by Gasteiger charge is 2.51. The maximum atomic E-state index is 11.8. The fraction of sp³-hybridized carbons (Fsp3) is 0.241. The van der Waals surface area contributed by atoms with Crippen molar-refractivity contribution in [2.45, 2.75) is 33.9 Å². The maximum absolute atomic E-state index is 11.8. The van der Waals surface area contributed by atoms with E-state index in [9.17, 15) is 20.2 Å². The van der Waals surface area contributed by atoms with Crippen LogP contribution in [0.25, 0.3) is 10.8 Å². The maximum Gasteiger partial charge on any atom is 0.282 e. The van der Waals surface area contributed by atoms with E-state index in [1.807, 2.05) is 18.2 Å². The Hall–Kier alpha value is -3.82. The number of nitrogens with zero attached hydrogens (tertiary/aromatic N) is 2. The topological polar surface area (TPSA) is 108 Å². The zero-order valence-electron chi connectivity index (χ0n) is 20.8. The van der Waals surface area contributed by atoms with Crippen molar-refractivity contribution in [1.29, 1.82) is 0 Å². The van der Waals surface area contributed by atoms with Gasteiger partial charge in [-0.25, -0.2) is 0 Å². The predicted molar refractivity (Wildman–Crippen MR) is 153 cm³/mol. The van der Waals surface area contributed by atoms with Crippen LogP contribution in [0.3, 0.4) is 0 Å². The van der Waals surface area contributed by atoms with Gasteiger partial charge < -0.3 is 10.1 Å². The minimum atomic E-state index is -0.426. The fourth-order valence-electron chi connectivity index (χ4n) is 6.14. The summed E-state index contributed by atoms with van der Waals surface area (Å²) in [4.78, 5) is 23.2. The highest BCUT2D eigenvalue weighted by molar-refractivity contribution is 8.00. The highest BCUT2D eigenvalue weighted by Crippen LogP contribution is 2.60. The van der Waals surface area contributed by atoms with E-state index < -0.39 is 10.3 Å². The molecular formula is C29H24ClN3O5S. The van der Waals surface area contributed by atoms with Gasteiger partial charge in [0.25, 0.3) is 11.4 Å². The van der Waals surface area contributed by atoms with Crippen LogP contribution in [0.2, 0.25) is 0 Å². The van der Waals surface area contributed by atoms with Gasteiger partial charge in [0.2, 0.25) is 0 Å². The number of anilines is 1. The lowest BCUT2D eigenvalue weighted by Gasteiger charge is -2.39. The zero-order valence-corrected chi connectivity index (χ0v) is 22.4. The number of nitrogens with one attached hydrogen (secondary N) is 1. The number of hydrogen-bond acceptors (Lipinski definition) is 7. The van der Waals surface area contributed by atoms with E-state index in [2.05, 4.69) is 29.6 Å². The molecule has 8 nitrogen and oxygen atoms in total. The first-order valence-corrected chi connectivity index (χ1v) is 13.8. The number of rotatable bonds is 6. The van der Waals surface area contributed by atoms with Crippen molar-refractivity contribution in [3.63, 3.8) is 0 Å². The standard InChI is InChI=1S/C29H24ClN3O5S/c1-38-23-14-17(32(34)35)13-20-26-21(15-25(27(26)30)39-24-12-5-4-11-22(24)33(36)37)28(31-29(20)23)19-10-6-8-16-7-2-3-9-18(16)19/h2-14,21,25-28,31H,15H2,1H3/t21-,25-,26-,27-,28+/m1/s1. The van der Waals surface area contributed by atoms with Crippen molar-refractivity contribution in [2.24, 2.45) is 5.92 Å². The number of non-ortho nitro benzene ring substituents is 1. The lowest BCUT2D eigenvalue weighted by Crippen LogP contribution is -2.31. The molecule has 1 saturated carbocycles. The Morgan fingerprint density at radius 1 is 0.949 bits per heavy atom. The van der Waals surface area contributed by atoms with Crippen molar-refractivity contribution < 1.29 is 14.6 Å². The molecule has 1 N–H and O–H groups in total. The van der Waals surface area contributed by atoms with Crippen LogP contribution in [0.5, 0.6) is 5.75 Å². The van der Waals surface area contributed by atoms with Crippen LogP contribution < -0.4 is 10.1 Å². The summed E-state index contributed by atoms with van der Waals surface area (Å²) in [5.74, 6) is 0.139. The summed E-state index contributed by atoms with van der Waals surface area (Å²) in [5.41, 5.74) is 2.53. The predicted octanol–water partition coefficient (Wildman–Crippen LogP) is 7.70. The molecule has 1 aliphatic carbocycles. The molecule has 1 aliphatic heterocycles. The molecule has 0 aromatic heterocycles. The third-order valence-corrected chi connectivity index (χ3v) is 9.91. The molecule has 4 aromatic carbocycles. The third kappa shape index (κ3) is 4.35. The Morgan fingerprint density at radius 3 is 2.46 bits per heavy atom. The van der Waals surface area contributed by atoms with Crippen molar-refractivity contribution in [3.8, 4) is 5.75 Å². The number of ether oxygens (including phenoxy) is 1. The van der Waals surface area contributed by atoms with Crippen LogP contribution in [0.1, 0.15) is 29.5 Å². The molecule has 6 rings (SSSR count). The number of fused-ring (bicyclic) bond motifs is 4. The summed E-state index contributed by atoms with van der Waals surface area (Å²) in [5, 5.41) is 28.8. The Morgan fingerprint density at radius 2 is 1.69 bits per heavy atom. The second kappa shape index (κ2) is 10.1. The summed E-state index contributed by atoms with van der Waals surface area (Å²) in [6.45, 7) is 0. The first kappa shape index (κ1) is 25.5. The minimum absolute atomic E-state index is 0.0159. The molecule has 2 aliphatic rings. The number of nitro groups is 2. The number of alkyl halides is 1. The van der Waals surface area contributed by atoms with Gasteiger partial charge >= 0.3 is 0 Å². The second-order valence-corrected chi connectivity index (χ2v) is 11.6. The van der Waals surface area contributed by atoms with E-state index in [0.29, 0.717) is 22.8 Å². The largest absolute Gasteiger partial charge is 0.494 e. The average molecular weight is 562 g/mol. The van der Waals surface area contributed by atoms with E-state index in [1.54, 1.807) is 24.3 Å². The molecule has 0 spiro atoms. The van der Waals surface area contributed by atoms with Crippen LogP contribution >= 0.6 is 23.4 Å². The molecule has 10 heteroatoms. The molecule has 1 fully saturated rings. The quantitative estimate of drug-likeness (QED) is 0.146. The molecule has 0 saturated heterocycles. The molecule has 0 radical (unpaired) electrons. The lowest BCUT2D eigenvalue weighted by atomic mass is 9.76. The number of nitro benzene ring substituents is 2. The Kier molecular flexibility index (Phi) is 6.56. The molecule has 0 bridgehead atoms. The van der Waals surface area contributed by atoms with E-state index >= 15 is 0 Å². The molecule has 198 valence electrons. The van der Waals surface area contributed by atoms with Crippen LogP contribution in [0, 0.1) is 26.1 Å². The van der Waals surface area contributed by atoms with E-state index in [4.69, 9.17) is 16.3 Å². The third-order valence-electron chi connectivity index (χ3n) is 7.80. The van der Waals surface area contributed by atoms with Crippen LogP contribution in [-0.2, 0) is 0 Å². The van der Waals surface area contributed by atoms with Crippen molar-refractivity contribution in [3.05, 3.63) is 110 Å². The number of methoxy groups -OCH3 is 1. The van der Waals surface area contributed by atoms with Gasteiger partial charge in [0, 0.05) is 23.3 Å². The van der Waals surface area contributed by atoms with Crippen molar-refractivity contribution in [2.75, 3.05) is 12.4 Å². The van der Waals surface area contributed by atoms with Gasteiger partial charge in [-0.15, -0.1) is 23.4 Å². The van der Waals surface area contributed by atoms with E-state index in [-0.39, 0.29) is 39.4 Å². The van der Waals surface area contributed by atoms with Gasteiger partial charge in [-0.05, 0) is 40.3 Å². The highest BCUT2D eigenvalue weighted by atomic mass is 35.5. The number of benzene rings is 4. The van der Waals surface area contributed by atoms with Crippen molar-refractivity contribution >= 4 is 51.2 Å². The van der Waals surface area contributed by atoms with Gasteiger partial charge in [-0.2, -0.15) is 0 Å². The Bertz CT molecular complexity index is 1610. The summed E-state index contributed by atoms with van der Waals surface area (Å²) >= 11 is 8.64. The normalized spacial score (nSPS) is 23.5. The van der Waals surface area contributed by atoms with Crippen LogP contribution in [0.15, 0.2) is 83.8 Å². The molecule has 1 heterocycles. The van der Waals surface area contributed by atoms with Crippen LogP contribution in [0.4, 0.5) is 17.1 Å². The Labute approximate surface area is 233 Å². The number of halogens is 1. The number of hydrogen-bond donors (Lipinski definition) is 1. The first-order valence-electron chi connectivity index (χ1n) is 12.5. The van der Waals surface area contributed by atoms with Gasteiger partial charge in [0.15, 0.2) is 0 Å². The molecule has 39 heavy (non-hydrogen) atoms. The van der Waals surface area contributed by atoms with Gasteiger partial charge in [0.1, 0.15) is 5.75 Å². The van der Waals surface area contributed by atoms with Gasteiger partial charge in [0.05, 0.1) is 45.0 Å². The van der Waals surface area contributed by atoms with E-state index in [1.165, 1.54) is 31.0 Å². The number of thioether (sulfide) groups is 1. The van der Waals surface area contributed by atoms with Gasteiger partial charge in [-0.1, -0.05) is 54.6 Å². The van der Waals surface area contributed by atoms with Gasteiger partial charge in [-0.3, -0.25) is 20.2 Å². The molecule has 4 aromatic rings. The Balaban J connectivity index is 1.50. The van der Waals surface area contributed by atoms with Crippen LogP contribution in [-0.4, -0.2) is 27.6 Å². The summed E-state index contributed by atoms with van der Waals surface area (Å²) in [6.07, 6.45) is 0.668. The molecular weight excluding hydrogens is 538 g/mol. The number of para-hydroxylation sites is 1. The summed E-state index contributed by atoms with van der Waals surface area (Å²) in [7, 11) is 1.50. The van der Waals surface area contributed by atoms with E-state index in [0.717, 1.165) is 21.9 Å². The SMILES string of the molecule is COc1cc([N+](=O)[O-])cc2c1N[C@@H](c1cccc3ccccc13)[C@@H]1C[C@@H](Sc3ccccc3[N+](=O)[O-])[C@@H](Cl)[C@H]21. The first-order chi connectivity index (χ1) is 18.9. The molecule has 0 unspecified atom stereocenters. The monoisotopic (exact) mass is 561 g/mol. The lowest BCUT2D eigenvalue weighted by molar-refractivity contribution is -0.387. The smallest absolute Gasteiger partial charge is 0.282 e. The zero-order chi connectivity index (χ0) is 27.3. The second-order valence-electron chi connectivity index (χ2n) is 9.81. The molecule has 5 atom stereocenters. The fourth-order valence-corrected chi connectivity index (χ4v) is 8.08. The van der Waals surface area contributed by atoms with Crippen molar-refractivity contribution in [1.82, 2.24) is 0 Å². The average Bonchev–Trinajstić information content (AvgIpc) is 3.27. The minimum Gasteiger partial charge on any atom is -0.494 e. The summed E-state index contributed by atoms with van der Waals surface area (Å²) in [6, 6.07) is 23.9. The molecule has 0 amide bonds.